The fraction of sp³-hybridized carbons (Fsp3) is 0.333. The van der Waals surface area contributed by atoms with E-state index in [1.165, 1.54) is 12.8 Å². The van der Waals surface area contributed by atoms with E-state index < -0.39 is 0 Å². The number of hydrogen-bond donors (Lipinski definition) is 1. The summed E-state index contributed by atoms with van der Waals surface area (Å²) in [5.74, 6) is 0. The first-order valence-electron chi connectivity index (χ1n) is 5.46. The molecule has 2 aromatic heterocycles. The summed E-state index contributed by atoms with van der Waals surface area (Å²) in [5, 5.41) is 4.48. The highest BCUT2D eigenvalue weighted by Gasteiger charge is 2.22. The second-order valence-corrected chi connectivity index (χ2v) is 4.26. The predicted octanol–water partition coefficient (Wildman–Crippen LogP) is 1.96. The molecule has 4 nitrogen and oxygen atoms in total. The number of aldehydes is 1. The molecule has 0 saturated heterocycles. The molecule has 1 N–H and O–H groups in total. The van der Waals surface area contributed by atoms with Crippen LogP contribution in [0.3, 0.4) is 0 Å². The molecule has 1 aliphatic carbocycles. The second-order valence-electron chi connectivity index (χ2n) is 4.26. The number of aromatic nitrogens is 2. The number of anilines is 1. The lowest BCUT2D eigenvalue weighted by Gasteiger charge is -2.05. The summed E-state index contributed by atoms with van der Waals surface area (Å²) in [7, 11) is 1.86. The number of pyridine rings is 1. The zero-order chi connectivity index (χ0) is 11.1. The number of carbonyl (C=O) groups excluding carboxylic acids is 1. The molecule has 1 saturated carbocycles. The standard InChI is InChI=1S/C12H13N3O/c1-15-9(7-16)6-10-11(14-8-2-3-8)4-5-13-12(10)15/h4-8H,2-3H2,1H3,(H,13,14). The van der Waals surface area contributed by atoms with Crippen LogP contribution in [0.15, 0.2) is 18.3 Å². The van der Waals surface area contributed by atoms with Crippen molar-refractivity contribution in [3.8, 4) is 0 Å². The maximum atomic E-state index is 10.9. The minimum atomic E-state index is 0.602. The van der Waals surface area contributed by atoms with Crippen molar-refractivity contribution in [2.75, 3.05) is 5.32 Å². The Morgan fingerprint density at radius 1 is 1.56 bits per heavy atom. The zero-order valence-electron chi connectivity index (χ0n) is 9.10. The Morgan fingerprint density at radius 3 is 3.06 bits per heavy atom. The molecule has 1 aliphatic rings. The molecule has 0 unspecified atom stereocenters. The van der Waals surface area contributed by atoms with Gasteiger partial charge in [-0.2, -0.15) is 0 Å². The van der Waals surface area contributed by atoms with Crippen molar-refractivity contribution in [1.82, 2.24) is 9.55 Å². The van der Waals surface area contributed by atoms with Crippen LogP contribution in [-0.4, -0.2) is 21.9 Å². The van der Waals surface area contributed by atoms with Crippen LogP contribution in [0.25, 0.3) is 11.0 Å². The minimum absolute atomic E-state index is 0.602. The fourth-order valence-electron chi connectivity index (χ4n) is 1.93. The first-order valence-corrected chi connectivity index (χ1v) is 5.46. The molecule has 82 valence electrons. The van der Waals surface area contributed by atoms with Gasteiger partial charge in [-0.05, 0) is 25.0 Å². The number of nitrogens with zero attached hydrogens (tertiary/aromatic N) is 2. The third kappa shape index (κ3) is 1.38. The Hall–Kier alpha value is -1.84. The van der Waals surface area contributed by atoms with Gasteiger partial charge in [0.25, 0.3) is 0 Å². The van der Waals surface area contributed by atoms with E-state index in [-0.39, 0.29) is 0 Å². The lowest BCUT2D eigenvalue weighted by Crippen LogP contribution is -2.01. The zero-order valence-corrected chi connectivity index (χ0v) is 9.10. The highest BCUT2D eigenvalue weighted by molar-refractivity contribution is 5.95. The first kappa shape index (κ1) is 9.39. The Kier molecular flexibility index (Phi) is 1.96. The van der Waals surface area contributed by atoms with Gasteiger partial charge >= 0.3 is 0 Å². The minimum Gasteiger partial charge on any atom is -0.382 e. The summed E-state index contributed by atoms with van der Waals surface area (Å²) < 4.78 is 1.82. The van der Waals surface area contributed by atoms with Gasteiger partial charge in [0.2, 0.25) is 0 Å². The predicted molar refractivity (Wildman–Crippen MR) is 62.7 cm³/mol. The quantitative estimate of drug-likeness (QED) is 0.796. The van der Waals surface area contributed by atoms with Crippen molar-refractivity contribution in [2.24, 2.45) is 7.05 Å². The van der Waals surface area contributed by atoms with Crippen LogP contribution in [-0.2, 0) is 7.05 Å². The molecule has 1 fully saturated rings. The van der Waals surface area contributed by atoms with Gasteiger partial charge in [0.05, 0.1) is 5.69 Å². The van der Waals surface area contributed by atoms with Gasteiger partial charge in [-0.15, -0.1) is 0 Å². The van der Waals surface area contributed by atoms with E-state index >= 15 is 0 Å². The van der Waals surface area contributed by atoms with Gasteiger partial charge in [0.1, 0.15) is 5.65 Å². The molecule has 2 aromatic rings. The maximum absolute atomic E-state index is 10.9. The van der Waals surface area contributed by atoms with E-state index in [2.05, 4.69) is 10.3 Å². The van der Waals surface area contributed by atoms with Gasteiger partial charge in [-0.25, -0.2) is 4.98 Å². The van der Waals surface area contributed by atoms with Crippen molar-refractivity contribution in [2.45, 2.75) is 18.9 Å². The average molecular weight is 215 g/mol. The number of rotatable bonds is 3. The van der Waals surface area contributed by atoms with Crippen molar-refractivity contribution in [3.63, 3.8) is 0 Å². The van der Waals surface area contributed by atoms with E-state index in [1.54, 1.807) is 6.20 Å². The molecule has 3 rings (SSSR count). The molecule has 0 atom stereocenters. The Morgan fingerprint density at radius 2 is 2.38 bits per heavy atom. The first-order chi connectivity index (χ1) is 7.79. The highest BCUT2D eigenvalue weighted by Crippen LogP contribution is 2.29. The van der Waals surface area contributed by atoms with Crippen LogP contribution in [0.5, 0.6) is 0 Å². The molecule has 2 heterocycles. The number of carbonyl (C=O) groups is 1. The monoisotopic (exact) mass is 215 g/mol. The van der Waals surface area contributed by atoms with Gasteiger partial charge in [0, 0.05) is 30.4 Å². The summed E-state index contributed by atoms with van der Waals surface area (Å²) >= 11 is 0. The third-order valence-corrected chi connectivity index (χ3v) is 3.02. The lowest BCUT2D eigenvalue weighted by molar-refractivity contribution is 0.111. The normalized spacial score (nSPS) is 15.3. The van der Waals surface area contributed by atoms with Crippen LogP contribution in [0, 0.1) is 0 Å². The van der Waals surface area contributed by atoms with Gasteiger partial charge < -0.3 is 9.88 Å². The maximum Gasteiger partial charge on any atom is 0.166 e. The molecule has 16 heavy (non-hydrogen) atoms. The molecule has 0 amide bonds. The summed E-state index contributed by atoms with van der Waals surface area (Å²) in [6, 6.07) is 4.46. The van der Waals surface area contributed by atoms with Crippen molar-refractivity contribution < 1.29 is 4.79 Å². The fourth-order valence-corrected chi connectivity index (χ4v) is 1.93. The number of aryl methyl sites for hydroxylation is 1. The van der Waals surface area contributed by atoms with Crippen molar-refractivity contribution in [3.05, 3.63) is 24.0 Å². The smallest absolute Gasteiger partial charge is 0.166 e. The van der Waals surface area contributed by atoms with E-state index in [0.29, 0.717) is 11.7 Å². The number of fused-ring (bicyclic) bond motifs is 1. The Balaban J connectivity index is 2.17. The van der Waals surface area contributed by atoms with Crippen LogP contribution in [0.4, 0.5) is 5.69 Å². The summed E-state index contributed by atoms with van der Waals surface area (Å²) in [6.07, 6.45) is 5.11. The van der Waals surface area contributed by atoms with Crippen LogP contribution in [0.1, 0.15) is 23.3 Å². The van der Waals surface area contributed by atoms with Crippen LogP contribution < -0.4 is 5.32 Å². The molecule has 0 aromatic carbocycles. The van der Waals surface area contributed by atoms with Crippen LogP contribution in [0.2, 0.25) is 0 Å². The molecule has 0 bridgehead atoms. The second kappa shape index (κ2) is 3.33. The van der Waals surface area contributed by atoms with Gasteiger partial charge in [-0.3, -0.25) is 4.79 Å². The lowest BCUT2D eigenvalue weighted by atomic mass is 10.2. The topological polar surface area (TPSA) is 46.9 Å². The molecular weight excluding hydrogens is 202 g/mol. The number of nitrogens with one attached hydrogen (secondary N) is 1. The Bertz CT molecular complexity index is 555. The summed E-state index contributed by atoms with van der Waals surface area (Å²) in [6.45, 7) is 0. The average Bonchev–Trinajstić information content (AvgIpc) is 3.04. The molecule has 0 aliphatic heterocycles. The van der Waals surface area contributed by atoms with E-state index in [1.807, 2.05) is 23.7 Å². The Labute approximate surface area is 93.3 Å². The van der Waals surface area contributed by atoms with Gasteiger partial charge in [-0.1, -0.05) is 0 Å². The van der Waals surface area contributed by atoms with Crippen molar-refractivity contribution >= 4 is 23.0 Å². The molecule has 0 spiro atoms. The largest absolute Gasteiger partial charge is 0.382 e. The molecular formula is C12H13N3O. The van der Waals surface area contributed by atoms with E-state index in [0.717, 1.165) is 23.0 Å². The van der Waals surface area contributed by atoms with E-state index in [4.69, 9.17) is 0 Å². The SMILES string of the molecule is Cn1c(C=O)cc2c(NC3CC3)ccnc21. The van der Waals surface area contributed by atoms with Crippen LogP contribution >= 0.6 is 0 Å². The summed E-state index contributed by atoms with van der Waals surface area (Å²) in [5.41, 5.74) is 2.59. The molecule has 4 heteroatoms. The number of hydrogen-bond acceptors (Lipinski definition) is 3. The highest BCUT2D eigenvalue weighted by atomic mass is 16.1. The van der Waals surface area contributed by atoms with Crippen molar-refractivity contribution in [1.29, 1.82) is 0 Å². The van der Waals surface area contributed by atoms with E-state index in [9.17, 15) is 4.79 Å². The molecule has 0 radical (unpaired) electrons. The van der Waals surface area contributed by atoms with Gasteiger partial charge in [0.15, 0.2) is 6.29 Å². The summed E-state index contributed by atoms with van der Waals surface area (Å²) in [4.78, 5) is 15.2. The third-order valence-electron chi connectivity index (χ3n) is 3.02.